The Morgan fingerprint density at radius 1 is 1.21 bits per heavy atom. The van der Waals surface area contributed by atoms with Crippen LogP contribution in [0.2, 0.25) is 0 Å². The molecule has 0 aliphatic carbocycles. The molecule has 33 heavy (non-hydrogen) atoms. The van der Waals surface area contributed by atoms with Crippen LogP contribution < -0.4 is 16.4 Å². The van der Waals surface area contributed by atoms with E-state index in [2.05, 4.69) is 9.97 Å². The number of aromatic nitrogens is 2. The Hall–Kier alpha value is -3.13. The van der Waals surface area contributed by atoms with Crippen LogP contribution in [0.25, 0.3) is 10.2 Å². The zero-order valence-corrected chi connectivity index (χ0v) is 18.7. The molecule has 0 unspecified atom stereocenters. The van der Waals surface area contributed by atoms with Crippen LogP contribution in [0.3, 0.4) is 0 Å². The maximum atomic E-state index is 13.6. The number of esters is 1. The molecule has 2 aromatic heterocycles. The number of anilines is 1. The number of ether oxygens (including phenoxy) is 1. The Kier molecular flexibility index (Phi) is 7.58. The summed E-state index contributed by atoms with van der Waals surface area (Å²) in [4.78, 5) is 43.8. The van der Waals surface area contributed by atoms with E-state index in [0.29, 0.717) is 10.4 Å². The van der Waals surface area contributed by atoms with Crippen LogP contribution in [0.5, 0.6) is 0 Å². The lowest BCUT2D eigenvalue weighted by Crippen LogP contribution is -2.32. The van der Waals surface area contributed by atoms with Crippen molar-refractivity contribution in [3.63, 3.8) is 0 Å². The number of carbonyl (C=O) groups is 2. The zero-order valence-electron chi connectivity index (χ0n) is 17.1. The van der Waals surface area contributed by atoms with Crippen LogP contribution in [0, 0.1) is 30.2 Å². The van der Waals surface area contributed by atoms with Gasteiger partial charge in [-0.05, 0) is 19.4 Å². The van der Waals surface area contributed by atoms with E-state index in [-0.39, 0.29) is 40.3 Å². The molecule has 0 atom stereocenters. The van der Waals surface area contributed by atoms with Gasteiger partial charge in [0.05, 0.1) is 23.5 Å². The van der Waals surface area contributed by atoms with E-state index in [1.54, 1.807) is 13.8 Å². The first kappa shape index (κ1) is 24.5. The van der Waals surface area contributed by atoms with Gasteiger partial charge in [0.1, 0.15) is 21.2 Å². The van der Waals surface area contributed by atoms with Crippen molar-refractivity contribution < 1.29 is 31.9 Å². The fraction of sp³-hybridized carbons (Fsp3) is 0.263. The van der Waals surface area contributed by atoms with Crippen molar-refractivity contribution in [2.45, 2.75) is 19.6 Å². The lowest BCUT2D eigenvalue weighted by Gasteiger charge is -2.11. The highest BCUT2D eigenvalue weighted by Crippen LogP contribution is 2.28. The largest absolute Gasteiger partial charge is 0.462 e. The molecule has 2 heterocycles. The monoisotopic (exact) mass is 504 g/mol. The third-order valence-corrected chi connectivity index (χ3v) is 6.33. The number of aryl methyl sites for hydroxylation is 1. The van der Waals surface area contributed by atoms with Gasteiger partial charge in [-0.25, -0.2) is 27.3 Å². The number of benzene rings is 1. The second kappa shape index (κ2) is 10.2. The fourth-order valence-electron chi connectivity index (χ4n) is 2.74. The summed E-state index contributed by atoms with van der Waals surface area (Å²) in [5, 5.41) is 0.269. The summed E-state index contributed by atoms with van der Waals surface area (Å²) in [7, 11) is 0. The lowest BCUT2D eigenvalue weighted by molar-refractivity contribution is -0.118. The van der Waals surface area contributed by atoms with Crippen molar-refractivity contribution in [2.75, 3.05) is 17.8 Å². The van der Waals surface area contributed by atoms with Gasteiger partial charge in [-0.1, -0.05) is 0 Å². The van der Waals surface area contributed by atoms with E-state index < -0.39 is 46.4 Å². The molecule has 0 radical (unpaired) electrons. The number of nitrogens with one attached hydrogen (secondary N) is 3. The number of thiophene rings is 1. The number of H-pyrrole nitrogens is 1. The number of fused-ring (bicyclic) bond motifs is 1. The summed E-state index contributed by atoms with van der Waals surface area (Å²) < 4.78 is 58.5. The van der Waals surface area contributed by atoms with Crippen LogP contribution in [-0.4, -0.2) is 34.2 Å². The molecule has 176 valence electrons. The number of rotatable bonds is 8. The lowest BCUT2D eigenvalue weighted by atomic mass is 10.2. The average molecular weight is 504 g/mol. The molecule has 0 spiro atoms. The number of halogens is 4. The van der Waals surface area contributed by atoms with Gasteiger partial charge in [0.15, 0.2) is 23.3 Å². The number of hydrogen-bond acceptors (Lipinski definition) is 8. The number of hydrazine groups is 1. The van der Waals surface area contributed by atoms with Crippen LogP contribution in [0.4, 0.5) is 23.2 Å². The molecule has 3 aromatic rings. The quantitative estimate of drug-likeness (QED) is 0.187. The Bertz CT molecular complexity index is 1270. The third-order valence-electron chi connectivity index (χ3n) is 4.22. The molecule has 3 N–H and O–H groups in total. The van der Waals surface area contributed by atoms with Crippen molar-refractivity contribution in [1.29, 1.82) is 0 Å². The molecule has 0 aliphatic rings. The molecule has 0 saturated heterocycles. The van der Waals surface area contributed by atoms with Crippen molar-refractivity contribution in [3.05, 3.63) is 56.0 Å². The summed E-state index contributed by atoms with van der Waals surface area (Å²) in [6.45, 7) is 3.46. The maximum absolute atomic E-state index is 13.6. The minimum Gasteiger partial charge on any atom is -0.462 e. The summed E-state index contributed by atoms with van der Waals surface area (Å²) in [5.41, 5.74) is 2.58. The summed E-state index contributed by atoms with van der Waals surface area (Å²) in [6.07, 6.45) is 0. The minimum absolute atomic E-state index is 0.0445. The van der Waals surface area contributed by atoms with E-state index in [1.165, 1.54) is 0 Å². The molecule has 1 aromatic carbocycles. The zero-order chi connectivity index (χ0) is 24.3. The number of thioether (sulfide) groups is 1. The van der Waals surface area contributed by atoms with Gasteiger partial charge in [-0.3, -0.25) is 20.4 Å². The van der Waals surface area contributed by atoms with Gasteiger partial charge < -0.3 is 9.72 Å². The highest BCUT2D eigenvalue weighted by Gasteiger charge is 2.21. The Morgan fingerprint density at radius 2 is 1.88 bits per heavy atom. The van der Waals surface area contributed by atoms with Crippen LogP contribution in [-0.2, 0) is 15.3 Å². The highest BCUT2D eigenvalue weighted by molar-refractivity contribution is 7.99. The van der Waals surface area contributed by atoms with E-state index >= 15 is 0 Å². The van der Waals surface area contributed by atoms with E-state index in [9.17, 15) is 31.9 Å². The normalized spacial score (nSPS) is 11.0. The van der Waals surface area contributed by atoms with Gasteiger partial charge in [-0.15, -0.1) is 23.1 Å². The summed E-state index contributed by atoms with van der Waals surface area (Å²) in [6, 6.07) is 0.0445. The van der Waals surface area contributed by atoms with Crippen molar-refractivity contribution in [3.8, 4) is 0 Å². The Balaban J connectivity index is 1.63. The number of aromatic amines is 1. The van der Waals surface area contributed by atoms with Crippen LogP contribution >= 0.6 is 23.1 Å². The Labute approximate surface area is 191 Å². The van der Waals surface area contributed by atoms with Gasteiger partial charge in [0, 0.05) is 6.07 Å². The van der Waals surface area contributed by atoms with Crippen molar-refractivity contribution in [1.82, 2.24) is 15.4 Å². The van der Waals surface area contributed by atoms with Gasteiger partial charge in [-0.2, -0.15) is 0 Å². The number of amides is 1. The molecule has 0 aliphatic heterocycles. The third kappa shape index (κ3) is 5.27. The second-order valence-corrected chi connectivity index (χ2v) is 8.46. The molecule has 0 saturated carbocycles. The van der Waals surface area contributed by atoms with Gasteiger partial charge >= 0.3 is 5.97 Å². The van der Waals surface area contributed by atoms with Gasteiger partial charge in [0.2, 0.25) is 5.91 Å². The molecular formula is C19H16F4N4O4S2. The Morgan fingerprint density at radius 3 is 2.52 bits per heavy atom. The first-order valence-electron chi connectivity index (χ1n) is 9.29. The van der Waals surface area contributed by atoms with E-state index in [4.69, 9.17) is 4.74 Å². The molecule has 8 nitrogen and oxygen atoms in total. The highest BCUT2D eigenvalue weighted by atomic mass is 32.2. The minimum atomic E-state index is -1.69. The first-order valence-corrected chi connectivity index (χ1v) is 11.3. The number of carbonyl (C=O) groups excluding carboxylic acids is 2. The predicted octanol–water partition coefficient (Wildman–Crippen LogP) is 3.40. The summed E-state index contributed by atoms with van der Waals surface area (Å²) in [5.74, 6) is -7.86. The predicted molar refractivity (Wildman–Crippen MR) is 115 cm³/mol. The SMILES string of the molecule is CCOC(=O)c1sc2nc(CSCC(=O)NNc3c(F)c(F)cc(F)c3F)[nH]c(=O)c2c1C. The number of nitrogens with zero attached hydrogens (tertiary/aromatic N) is 1. The topological polar surface area (TPSA) is 113 Å². The van der Waals surface area contributed by atoms with E-state index in [1.807, 2.05) is 10.9 Å². The van der Waals surface area contributed by atoms with Crippen molar-refractivity contribution >= 4 is 50.9 Å². The smallest absolute Gasteiger partial charge is 0.348 e. The average Bonchev–Trinajstić information content (AvgIpc) is 3.09. The summed E-state index contributed by atoms with van der Waals surface area (Å²) >= 11 is 2.01. The fourth-order valence-corrected chi connectivity index (χ4v) is 4.52. The van der Waals surface area contributed by atoms with Crippen molar-refractivity contribution in [2.24, 2.45) is 0 Å². The number of hydrogen-bond donors (Lipinski definition) is 3. The molecular weight excluding hydrogens is 488 g/mol. The maximum Gasteiger partial charge on any atom is 0.348 e. The molecule has 0 fully saturated rings. The molecule has 3 rings (SSSR count). The first-order chi connectivity index (χ1) is 15.6. The van der Waals surface area contributed by atoms with Crippen LogP contribution in [0.1, 0.15) is 28.0 Å². The van der Waals surface area contributed by atoms with E-state index in [0.717, 1.165) is 23.1 Å². The second-order valence-electron chi connectivity index (χ2n) is 6.48. The standard InChI is InChI=1S/C19H16F4N4O4S2/c1-3-31-19(30)16-7(2)12-17(29)24-10(25-18(12)33-16)5-32-6-11(28)26-27-15-13(22)8(20)4-9(21)14(15)23/h4,27H,3,5-6H2,1-2H3,(H,26,28)(H,24,25,29). The molecule has 0 bridgehead atoms. The van der Waals surface area contributed by atoms with Crippen LogP contribution in [0.15, 0.2) is 10.9 Å². The molecule has 14 heteroatoms. The van der Waals surface area contributed by atoms with Gasteiger partial charge in [0.25, 0.3) is 5.56 Å². The molecule has 1 amide bonds.